The molecule has 0 aliphatic rings. The molecule has 0 aliphatic carbocycles. The Balaban J connectivity index is 1.38. The predicted molar refractivity (Wildman–Crippen MR) is 117 cm³/mol. The molecule has 1 N–H and O–H groups in total. The fourth-order valence-electron chi connectivity index (χ4n) is 3.27. The highest BCUT2D eigenvalue weighted by atomic mass is 16.1. The molecule has 3 aromatic heterocycles. The normalized spacial score (nSPS) is 11.0. The Morgan fingerprint density at radius 1 is 0.800 bits per heavy atom. The van der Waals surface area contributed by atoms with Crippen LogP contribution in [0.15, 0.2) is 85.2 Å². The number of nitrogens with zero attached hydrogens (tertiary/aromatic N) is 4. The lowest BCUT2D eigenvalue weighted by Gasteiger charge is -2.21. The second kappa shape index (κ2) is 9.71. The average Bonchev–Trinajstić information content (AvgIpc) is 2.80. The molecule has 6 nitrogen and oxygen atoms in total. The number of pyridine rings is 3. The van der Waals surface area contributed by atoms with Crippen LogP contribution in [0.25, 0.3) is 10.9 Å². The number of nitrogens with one attached hydrogen (secondary N) is 1. The smallest absolute Gasteiger partial charge is 0.269 e. The minimum atomic E-state index is -0.170. The van der Waals surface area contributed by atoms with Crippen LogP contribution in [0.5, 0.6) is 0 Å². The van der Waals surface area contributed by atoms with Crippen LogP contribution in [0, 0.1) is 0 Å². The van der Waals surface area contributed by atoms with Gasteiger partial charge >= 0.3 is 0 Å². The first-order chi connectivity index (χ1) is 14.8. The Hall–Kier alpha value is -3.64. The van der Waals surface area contributed by atoms with Crippen molar-refractivity contribution in [2.45, 2.75) is 13.1 Å². The molecule has 0 atom stereocenters. The highest BCUT2D eigenvalue weighted by Crippen LogP contribution is 2.12. The third-order valence-corrected chi connectivity index (χ3v) is 4.77. The number of carbonyl (C=O) groups is 1. The highest BCUT2D eigenvalue weighted by Gasteiger charge is 2.11. The molecule has 0 saturated carbocycles. The van der Waals surface area contributed by atoms with Crippen LogP contribution in [0.4, 0.5) is 0 Å². The number of para-hydroxylation sites is 1. The standard InChI is InChI=1S/C24H23N5O/c30-24(23-12-11-19-7-1-2-10-22(19)28-23)27-15-16-29(17-20-8-3-5-13-25-20)18-21-9-4-6-14-26-21/h1-14H,15-18H2,(H,27,30). The summed E-state index contributed by atoms with van der Waals surface area (Å²) in [6.07, 6.45) is 3.59. The van der Waals surface area contributed by atoms with E-state index in [1.165, 1.54) is 0 Å². The maximum absolute atomic E-state index is 12.6. The van der Waals surface area contributed by atoms with Crippen molar-refractivity contribution in [1.82, 2.24) is 25.2 Å². The Morgan fingerprint density at radius 2 is 1.47 bits per heavy atom. The van der Waals surface area contributed by atoms with E-state index in [0.717, 1.165) is 22.3 Å². The van der Waals surface area contributed by atoms with Crippen molar-refractivity contribution in [2.75, 3.05) is 13.1 Å². The van der Waals surface area contributed by atoms with E-state index < -0.39 is 0 Å². The van der Waals surface area contributed by atoms with Crippen LogP contribution in [-0.4, -0.2) is 38.8 Å². The Labute approximate surface area is 175 Å². The van der Waals surface area contributed by atoms with Gasteiger partial charge in [0.25, 0.3) is 5.91 Å². The zero-order valence-electron chi connectivity index (χ0n) is 16.6. The van der Waals surface area contributed by atoms with Gasteiger partial charge < -0.3 is 5.32 Å². The minimum absolute atomic E-state index is 0.170. The van der Waals surface area contributed by atoms with Gasteiger partial charge in [-0.2, -0.15) is 0 Å². The molecule has 1 amide bonds. The van der Waals surface area contributed by atoms with Crippen LogP contribution in [0.1, 0.15) is 21.9 Å². The number of hydrogen-bond acceptors (Lipinski definition) is 5. The number of amides is 1. The van der Waals surface area contributed by atoms with Crippen molar-refractivity contribution >= 4 is 16.8 Å². The summed E-state index contributed by atoms with van der Waals surface area (Å²) in [6.45, 7) is 2.54. The van der Waals surface area contributed by atoms with Gasteiger partial charge in [-0.25, -0.2) is 4.98 Å². The summed E-state index contributed by atoms with van der Waals surface area (Å²) in [6, 6.07) is 23.2. The van der Waals surface area contributed by atoms with Crippen molar-refractivity contribution in [3.8, 4) is 0 Å². The van der Waals surface area contributed by atoms with Gasteiger partial charge in [0.1, 0.15) is 5.69 Å². The summed E-state index contributed by atoms with van der Waals surface area (Å²) in [5, 5.41) is 4.00. The van der Waals surface area contributed by atoms with Gasteiger partial charge in [-0.1, -0.05) is 36.4 Å². The molecular weight excluding hydrogens is 374 g/mol. The van der Waals surface area contributed by atoms with E-state index in [0.29, 0.717) is 31.9 Å². The van der Waals surface area contributed by atoms with Crippen molar-refractivity contribution < 1.29 is 4.79 Å². The van der Waals surface area contributed by atoms with Crippen LogP contribution in [0.2, 0.25) is 0 Å². The number of fused-ring (bicyclic) bond motifs is 1. The summed E-state index contributed by atoms with van der Waals surface area (Å²) in [4.78, 5) is 28.1. The van der Waals surface area contributed by atoms with E-state index in [-0.39, 0.29) is 5.91 Å². The molecule has 0 fully saturated rings. The third-order valence-electron chi connectivity index (χ3n) is 4.77. The van der Waals surface area contributed by atoms with Gasteiger partial charge in [-0.05, 0) is 36.4 Å². The van der Waals surface area contributed by atoms with Crippen LogP contribution in [0.3, 0.4) is 0 Å². The molecule has 4 aromatic rings. The molecule has 0 saturated heterocycles. The number of benzene rings is 1. The van der Waals surface area contributed by atoms with E-state index in [1.807, 2.05) is 66.7 Å². The highest BCUT2D eigenvalue weighted by molar-refractivity contribution is 5.94. The van der Waals surface area contributed by atoms with E-state index >= 15 is 0 Å². The lowest BCUT2D eigenvalue weighted by atomic mass is 10.2. The number of aromatic nitrogens is 3. The van der Waals surface area contributed by atoms with Crippen molar-refractivity contribution in [1.29, 1.82) is 0 Å². The lowest BCUT2D eigenvalue weighted by Crippen LogP contribution is -2.35. The van der Waals surface area contributed by atoms with Gasteiger partial charge in [0.15, 0.2) is 0 Å². The molecule has 30 heavy (non-hydrogen) atoms. The first-order valence-electron chi connectivity index (χ1n) is 9.94. The predicted octanol–water partition coefficient (Wildman–Crippen LogP) is 3.46. The molecule has 0 unspecified atom stereocenters. The van der Waals surface area contributed by atoms with E-state index in [2.05, 4.69) is 25.2 Å². The monoisotopic (exact) mass is 397 g/mol. The molecule has 1 aromatic carbocycles. The average molecular weight is 397 g/mol. The molecule has 6 heteroatoms. The summed E-state index contributed by atoms with van der Waals surface area (Å²) >= 11 is 0. The number of carbonyl (C=O) groups excluding carboxylic acids is 1. The first-order valence-corrected chi connectivity index (χ1v) is 9.94. The molecule has 4 rings (SSSR count). The van der Waals surface area contributed by atoms with Crippen LogP contribution >= 0.6 is 0 Å². The topological polar surface area (TPSA) is 71.0 Å². The first kappa shape index (κ1) is 19.7. The Kier molecular flexibility index (Phi) is 6.37. The summed E-state index contributed by atoms with van der Waals surface area (Å²) < 4.78 is 0. The third kappa shape index (κ3) is 5.24. The second-order valence-corrected chi connectivity index (χ2v) is 7.00. The number of hydrogen-bond donors (Lipinski definition) is 1. The molecule has 0 radical (unpaired) electrons. The Bertz CT molecular complexity index is 1060. The van der Waals surface area contributed by atoms with E-state index in [9.17, 15) is 4.79 Å². The number of rotatable bonds is 8. The summed E-state index contributed by atoms with van der Waals surface area (Å²) in [5.74, 6) is -0.170. The molecule has 3 heterocycles. The zero-order valence-corrected chi connectivity index (χ0v) is 16.6. The lowest BCUT2D eigenvalue weighted by molar-refractivity contribution is 0.0942. The maximum Gasteiger partial charge on any atom is 0.269 e. The largest absolute Gasteiger partial charge is 0.349 e. The minimum Gasteiger partial charge on any atom is -0.349 e. The molecule has 0 bridgehead atoms. The second-order valence-electron chi connectivity index (χ2n) is 7.00. The van der Waals surface area contributed by atoms with Gasteiger partial charge in [0.05, 0.1) is 16.9 Å². The van der Waals surface area contributed by atoms with Gasteiger partial charge in [0.2, 0.25) is 0 Å². The Morgan fingerprint density at radius 3 is 2.13 bits per heavy atom. The quantitative estimate of drug-likeness (QED) is 0.493. The van der Waals surface area contributed by atoms with E-state index in [4.69, 9.17) is 0 Å². The summed E-state index contributed by atoms with van der Waals surface area (Å²) in [7, 11) is 0. The zero-order chi connectivity index (χ0) is 20.6. The van der Waals surface area contributed by atoms with Crippen LogP contribution < -0.4 is 5.32 Å². The van der Waals surface area contributed by atoms with Crippen molar-refractivity contribution in [3.63, 3.8) is 0 Å². The SMILES string of the molecule is O=C(NCCN(Cc1ccccn1)Cc1ccccn1)c1ccc2ccccc2n1. The van der Waals surface area contributed by atoms with Crippen LogP contribution in [-0.2, 0) is 13.1 Å². The van der Waals surface area contributed by atoms with Gasteiger partial charge in [-0.3, -0.25) is 19.7 Å². The summed E-state index contributed by atoms with van der Waals surface area (Å²) in [5.41, 5.74) is 3.21. The maximum atomic E-state index is 12.6. The van der Waals surface area contributed by atoms with Gasteiger partial charge in [0, 0.05) is 44.0 Å². The van der Waals surface area contributed by atoms with Crippen molar-refractivity contribution in [3.05, 3.63) is 102 Å². The molecular formula is C24H23N5O. The fraction of sp³-hybridized carbons (Fsp3) is 0.167. The molecule has 150 valence electrons. The molecule has 0 aliphatic heterocycles. The van der Waals surface area contributed by atoms with Crippen molar-refractivity contribution in [2.24, 2.45) is 0 Å². The molecule has 0 spiro atoms. The van der Waals surface area contributed by atoms with Gasteiger partial charge in [-0.15, -0.1) is 0 Å². The van der Waals surface area contributed by atoms with E-state index in [1.54, 1.807) is 18.5 Å². The fourth-order valence-corrected chi connectivity index (χ4v) is 3.27.